The highest BCUT2D eigenvalue weighted by atomic mass is 35.5. The van der Waals surface area contributed by atoms with E-state index in [2.05, 4.69) is 0 Å². The Hall–Kier alpha value is -1.89. The van der Waals surface area contributed by atoms with Crippen molar-refractivity contribution in [1.29, 1.82) is 0 Å². The Bertz CT molecular complexity index is 846. The predicted octanol–water partition coefficient (Wildman–Crippen LogP) is 3.78. The molecule has 0 spiro atoms. The van der Waals surface area contributed by atoms with Crippen LogP contribution in [-0.4, -0.2) is 61.0 Å². The number of hydrogen-bond acceptors (Lipinski definition) is 4. The quantitative estimate of drug-likeness (QED) is 0.762. The van der Waals surface area contributed by atoms with E-state index >= 15 is 0 Å². The second-order valence-electron chi connectivity index (χ2n) is 7.20. The zero-order chi connectivity index (χ0) is 19.5. The van der Waals surface area contributed by atoms with Crippen LogP contribution in [0.2, 0.25) is 5.02 Å². The summed E-state index contributed by atoms with van der Waals surface area (Å²) >= 11 is 7.44. The van der Waals surface area contributed by atoms with E-state index in [1.165, 1.54) is 11.3 Å². The number of rotatable bonds is 3. The number of morpholine rings is 1. The molecule has 0 radical (unpaired) electrons. The third-order valence-electron chi connectivity index (χ3n) is 5.33. The minimum absolute atomic E-state index is 0.0182. The van der Waals surface area contributed by atoms with Crippen LogP contribution in [0.5, 0.6) is 0 Å². The van der Waals surface area contributed by atoms with Crippen molar-refractivity contribution in [3.05, 3.63) is 46.3 Å². The number of carbonyl (C=O) groups excluding carboxylic acids is 2. The molecule has 3 heterocycles. The maximum atomic E-state index is 13.0. The molecule has 2 aliphatic rings. The van der Waals surface area contributed by atoms with Crippen LogP contribution in [0.15, 0.2) is 36.4 Å². The first-order valence-electron chi connectivity index (χ1n) is 9.63. The fourth-order valence-electron chi connectivity index (χ4n) is 3.78. The first kappa shape index (κ1) is 19.4. The number of thiophene rings is 1. The number of carbonyl (C=O) groups is 2. The van der Waals surface area contributed by atoms with Crippen molar-refractivity contribution in [1.82, 2.24) is 9.80 Å². The topological polar surface area (TPSA) is 49.9 Å². The van der Waals surface area contributed by atoms with E-state index in [9.17, 15) is 9.59 Å². The number of piperidine rings is 1. The van der Waals surface area contributed by atoms with Gasteiger partial charge in [-0.05, 0) is 42.7 Å². The van der Waals surface area contributed by atoms with Crippen molar-refractivity contribution in [3.63, 3.8) is 0 Å². The first-order valence-corrected chi connectivity index (χ1v) is 10.8. The van der Waals surface area contributed by atoms with Gasteiger partial charge in [0, 0.05) is 36.1 Å². The number of ether oxygens (including phenoxy) is 1. The SMILES string of the molecule is O=C(c1ccc(-c2ccc(Cl)cc2)s1)N1CCC[C@H](C(=O)N2CCOCC2)C1. The molecule has 28 heavy (non-hydrogen) atoms. The van der Waals surface area contributed by atoms with E-state index in [-0.39, 0.29) is 17.7 Å². The monoisotopic (exact) mass is 418 g/mol. The third-order valence-corrected chi connectivity index (χ3v) is 6.70. The van der Waals surface area contributed by atoms with Gasteiger partial charge in [-0.1, -0.05) is 23.7 Å². The standard InChI is InChI=1S/C21H23ClN2O3S/c22-17-5-3-15(4-6-17)18-7-8-19(28-18)21(26)24-9-1-2-16(14-24)20(25)23-10-12-27-13-11-23/h3-8,16H,1-2,9-14H2/t16-/m0/s1. The average molecular weight is 419 g/mol. The summed E-state index contributed by atoms with van der Waals surface area (Å²) in [5.74, 6) is 0.0741. The molecule has 148 valence electrons. The molecule has 0 saturated carbocycles. The van der Waals surface area contributed by atoms with Crippen molar-refractivity contribution in [2.75, 3.05) is 39.4 Å². The highest BCUT2D eigenvalue weighted by Gasteiger charge is 2.32. The second kappa shape index (κ2) is 8.64. The lowest BCUT2D eigenvalue weighted by Gasteiger charge is -2.36. The van der Waals surface area contributed by atoms with Gasteiger partial charge in [0.15, 0.2) is 0 Å². The Kier molecular flexibility index (Phi) is 5.99. The molecule has 0 aliphatic carbocycles. The number of benzene rings is 1. The van der Waals surface area contributed by atoms with Crippen molar-refractivity contribution in [2.24, 2.45) is 5.92 Å². The van der Waals surface area contributed by atoms with Gasteiger partial charge in [-0.3, -0.25) is 9.59 Å². The normalized spacial score (nSPS) is 20.2. The van der Waals surface area contributed by atoms with E-state index in [1.54, 1.807) is 0 Å². The second-order valence-corrected chi connectivity index (χ2v) is 8.72. The van der Waals surface area contributed by atoms with Gasteiger partial charge in [0.2, 0.25) is 5.91 Å². The molecule has 2 amide bonds. The lowest BCUT2D eigenvalue weighted by molar-refractivity contribution is -0.141. The molecule has 2 aliphatic heterocycles. The lowest BCUT2D eigenvalue weighted by Crippen LogP contribution is -2.49. The average Bonchev–Trinajstić information content (AvgIpc) is 3.24. The Morgan fingerprint density at radius 1 is 1.00 bits per heavy atom. The molecule has 4 rings (SSSR count). The third kappa shape index (κ3) is 4.24. The summed E-state index contributed by atoms with van der Waals surface area (Å²) in [6.07, 6.45) is 1.71. The Morgan fingerprint density at radius 2 is 1.75 bits per heavy atom. The molecule has 7 heteroatoms. The summed E-state index contributed by atoms with van der Waals surface area (Å²) in [6.45, 7) is 3.72. The minimum Gasteiger partial charge on any atom is -0.378 e. The van der Waals surface area contributed by atoms with Gasteiger partial charge in [0.05, 0.1) is 24.0 Å². The number of halogens is 1. The van der Waals surface area contributed by atoms with Gasteiger partial charge >= 0.3 is 0 Å². The van der Waals surface area contributed by atoms with Crippen molar-refractivity contribution in [2.45, 2.75) is 12.8 Å². The van der Waals surface area contributed by atoms with Crippen LogP contribution < -0.4 is 0 Å². The van der Waals surface area contributed by atoms with Crippen molar-refractivity contribution >= 4 is 34.8 Å². The zero-order valence-electron chi connectivity index (χ0n) is 15.6. The van der Waals surface area contributed by atoms with Crippen molar-refractivity contribution in [3.8, 4) is 10.4 Å². The Morgan fingerprint density at radius 3 is 2.50 bits per heavy atom. The van der Waals surface area contributed by atoms with E-state index in [0.29, 0.717) is 49.3 Å². The molecule has 0 N–H and O–H groups in total. The molecule has 1 atom stereocenters. The molecule has 2 fully saturated rings. The summed E-state index contributed by atoms with van der Waals surface area (Å²) in [5.41, 5.74) is 1.05. The number of hydrogen-bond donors (Lipinski definition) is 0. The van der Waals surface area contributed by atoms with Crippen LogP contribution in [0.3, 0.4) is 0 Å². The van der Waals surface area contributed by atoms with Crippen LogP contribution in [0.25, 0.3) is 10.4 Å². The van der Waals surface area contributed by atoms with E-state index < -0.39 is 0 Å². The van der Waals surface area contributed by atoms with E-state index in [0.717, 1.165) is 23.3 Å². The highest BCUT2D eigenvalue weighted by molar-refractivity contribution is 7.17. The fraction of sp³-hybridized carbons (Fsp3) is 0.429. The molecule has 2 aromatic rings. The molecule has 1 aromatic carbocycles. The molecular formula is C21H23ClN2O3S. The molecule has 0 unspecified atom stereocenters. The maximum absolute atomic E-state index is 13.0. The zero-order valence-corrected chi connectivity index (χ0v) is 17.2. The van der Waals surface area contributed by atoms with Crippen LogP contribution >= 0.6 is 22.9 Å². The lowest BCUT2D eigenvalue weighted by atomic mass is 9.96. The van der Waals surface area contributed by atoms with Crippen LogP contribution in [-0.2, 0) is 9.53 Å². The van der Waals surface area contributed by atoms with Crippen molar-refractivity contribution < 1.29 is 14.3 Å². The Labute approximate surface area is 173 Å². The fourth-order valence-corrected chi connectivity index (χ4v) is 4.89. The summed E-state index contributed by atoms with van der Waals surface area (Å²) < 4.78 is 5.34. The van der Waals surface area contributed by atoms with Gasteiger partial charge in [-0.15, -0.1) is 11.3 Å². The van der Waals surface area contributed by atoms with Crippen LogP contribution in [0.4, 0.5) is 0 Å². The summed E-state index contributed by atoms with van der Waals surface area (Å²) in [6, 6.07) is 11.5. The summed E-state index contributed by atoms with van der Waals surface area (Å²) in [5, 5.41) is 0.695. The number of nitrogens with zero attached hydrogens (tertiary/aromatic N) is 2. The minimum atomic E-state index is -0.105. The molecule has 0 bridgehead atoms. The number of likely N-dealkylation sites (tertiary alicyclic amines) is 1. The number of amides is 2. The highest BCUT2D eigenvalue weighted by Crippen LogP contribution is 2.31. The maximum Gasteiger partial charge on any atom is 0.263 e. The smallest absolute Gasteiger partial charge is 0.263 e. The van der Waals surface area contributed by atoms with E-state index in [1.807, 2.05) is 46.2 Å². The molecule has 5 nitrogen and oxygen atoms in total. The summed E-state index contributed by atoms with van der Waals surface area (Å²) in [4.78, 5) is 31.3. The summed E-state index contributed by atoms with van der Waals surface area (Å²) in [7, 11) is 0. The van der Waals surface area contributed by atoms with Gasteiger partial charge in [0.1, 0.15) is 0 Å². The molecular weight excluding hydrogens is 396 g/mol. The van der Waals surface area contributed by atoms with Gasteiger partial charge < -0.3 is 14.5 Å². The van der Waals surface area contributed by atoms with Crippen LogP contribution in [0.1, 0.15) is 22.5 Å². The van der Waals surface area contributed by atoms with E-state index in [4.69, 9.17) is 16.3 Å². The molecule has 2 saturated heterocycles. The predicted molar refractivity (Wildman–Crippen MR) is 111 cm³/mol. The van der Waals surface area contributed by atoms with Gasteiger partial charge in [-0.25, -0.2) is 0 Å². The van der Waals surface area contributed by atoms with Gasteiger partial charge in [0.25, 0.3) is 5.91 Å². The van der Waals surface area contributed by atoms with Crippen LogP contribution in [0, 0.1) is 5.92 Å². The molecule has 1 aromatic heterocycles. The van der Waals surface area contributed by atoms with Gasteiger partial charge in [-0.2, -0.15) is 0 Å². The first-order chi connectivity index (χ1) is 13.6. The Balaban J connectivity index is 1.43. The largest absolute Gasteiger partial charge is 0.378 e.